The van der Waals surface area contributed by atoms with Gasteiger partial charge in [-0.15, -0.1) is 0 Å². The summed E-state index contributed by atoms with van der Waals surface area (Å²) in [6, 6.07) is 4.05. The van der Waals surface area contributed by atoms with Crippen molar-refractivity contribution in [2.75, 3.05) is 5.75 Å². The molecule has 4 N–H and O–H groups in total. The second-order valence-electron chi connectivity index (χ2n) is 6.17. The zero-order valence-corrected chi connectivity index (χ0v) is 13.3. The Labute approximate surface area is 125 Å². The number of nitrogen functional groups attached to an aromatic ring is 1. The van der Waals surface area contributed by atoms with Crippen LogP contribution in [-0.2, 0) is 16.6 Å². The highest BCUT2D eigenvalue weighted by Gasteiger charge is 2.17. The molecule has 0 aliphatic heterocycles. The Morgan fingerprint density at radius 2 is 2.00 bits per heavy atom. The van der Waals surface area contributed by atoms with Gasteiger partial charge in [-0.3, -0.25) is 5.41 Å². The van der Waals surface area contributed by atoms with Crippen LogP contribution in [0.2, 0.25) is 0 Å². The van der Waals surface area contributed by atoms with Crippen molar-refractivity contribution in [3.8, 4) is 0 Å². The van der Waals surface area contributed by atoms with Gasteiger partial charge < -0.3 is 5.73 Å². The van der Waals surface area contributed by atoms with Gasteiger partial charge in [-0.25, -0.2) is 17.5 Å². The number of nitrogens with one attached hydrogen (secondary N) is 2. The molecule has 0 saturated heterocycles. The molecule has 0 aliphatic carbocycles. The molecule has 0 saturated carbocycles. The number of amidine groups is 1. The van der Waals surface area contributed by atoms with Crippen LogP contribution < -0.4 is 10.5 Å². The van der Waals surface area contributed by atoms with Gasteiger partial charge in [0, 0.05) is 17.7 Å². The Bertz CT molecular complexity index is 622. The number of rotatable bonds is 6. The molecule has 0 aliphatic rings. The Morgan fingerprint density at radius 1 is 1.38 bits per heavy atom. The minimum absolute atomic E-state index is 0.00362. The average molecular weight is 315 g/mol. The van der Waals surface area contributed by atoms with Crippen LogP contribution in [0.4, 0.5) is 4.39 Å². The summed E-state index contributed by atoms with van der Waals surface area (Å²) in [7, 11) is -3.44. The summed E-state index contributed by atoms with van der Waals surface area (Å²) in [5, 5.41) is 7.22. The van der Waals surface area contributed by atoms with Crippen LogP contribution in [0.3, 0.4) is 0 Å². The van der Waals surface area contributed by atoms with Crippen molar-refractivity contribution in [2.24, 2.45) is 11.1 Å². The van der Waals surface area contributed by atoms with E-state index in [1.165, 1.54) is 12.1 Å². The van der Waals surface area contributed by atoms with Gasteiger partial charge >= 0.3 is 0 Å². The maximum atomic E-state index is 13.8. The molecule has 0 radical (unpaired) electrons. The molecule has 0 fully saturated rings. The predicted octanol–water partition coefficient (Wildman–Crippen LogP) is 1.97. The van der Waals surface area contributed by atoms with Gasteiger partial charge in [-0.05, 0) is 17.9 Å². The van der Waals surface area contributed by atoms with Crippen LogP contribution in [0.1, 0.15) is 38.3 Å². The molecule has 0 amide bonds. The fourth-order valence-corrected chi connectivity index (χ4v) is 2.96. The van der Waals surface area contributed by atoms with Crippen molar-refractivity contribution in [3.63, 3.8) is 0 Å². The summed E-state index contributed by atoms with van der Waals surface area (Å²) in [5.41, 5.74) is 5.67. The van der Waals surface area contributed by atoms with Gasteiger partial charge in [0.25, 0.3) is 0 Å². The Morgan fingerprint density at radius 3 is 2.48 bits per heavy atom. The van der Waals surface area contributed by atoms with E-state index in [1.54, 1.807) is 0 Å². The van der Waals surface area contributed by atoms with E-state index in [9.17, 15) is 12.8 Å². The maximum Gasteiger partial charge on any atom is 0.211 e. The van der Waals surface area contributed by atoms with Gasteiger partial charge in [0.1, 0.15) is 11.7 Å². The lowest BCUT2D eigenvalue weighted by Crippen LogP contribution is -2.28. The van der Waals surface area contributed by atoms with E-state index >= 15 is 0 Å². The topological polar surface area (TPSA) is 96.0 Å². The SMILES string of the molecule is CC(C)(C)CCS(=O)(=O)NCc1ccc(C(=N)N)cc1F. The summed E-state index contributed by atoms with van der Waals surface area (Å²) >= 11 is 0. The minimum atomic E-state index is -3.44. The number of nitrogens with two attached hydrogens (primary N) is 1. The molecule has 1 aromatic rings. The summed E-state index contributed by atoms with van der Waals surface area (Å²) in [4.78, 5) is 0. The third-order valence-electron chi connectivity index (χ3n) is 2.97. The highest BCUT2D eigenvalue weighted by atomic mass is 32.2. The van der Waals surface area contributed by atoms with Gasteiger partial charge in [0.05, 0.1) is 5.75 Å². The van der Waals surface area contributed by atoms with Crippen molar-refractivity contribution in [2.45, 2.75) is 33.7 Å². The van der Waals surface area contributed by atoms with E-state index in [1.807, 2.05) is 20.8 Å². The van der Waals surface area contributed by atoms with E-state index < -0.39 is 15.8 Å². The van der Waals surface area contributed by atoms with Gasteiger partial charge in [-0.1, -0.05) is 32.9 Å². The van der Waals surface area contributed by atoms with Gasteiger partial charge in [-0.2, -0.15) is 0 Å². The van der Waals surface area contributed by atoms with Crippen LogP contribution >= 0.6 is 0 Å². The average Bonchev–Trinajstić information content (AvgIpc) is 2.34. The zero-order valence-electron chi connectivity index (χ0n) is 12.5. The fraction of sp³-hybridized carbons (Fsp3) is 0.500. The van der Waals surface area contributed by atoms with Crippen LogP contribution in [0.25, 0.3) is 0 Å². The largest absolute Gasteiger partial charge is 0.384 e. The van der Waals surface area contributed by atoms with E-state index in [-0.39, 0.29) is 34.7 Å². The van der Waals surface area contributed by atoms with Crippen LogP contribution in [0.15, 0.2) is 18.2 Å². The second kappa shape index (κ2) is 6.53. The van der Waals surface area contributed by atoms with Gasteiger partial charge in [0.2, 0.25) is 10.0 Å². The molecule has 0 spiro atoms. The van der Waals surface area contributed by atoms with Gasteiger partial charge in [0.15, 0.2) is 0 Å². The molecule has 1 rings (SSSR count). The summed E-state index contributed by atoms with van der Waals surface area (Å²) < 4.78 is 39.9. The predicted molar refractivity (Wildman–Crippen MR) is 82.1 cm³/mol. The normalized spacial score (nSPS) is 12.4. The van der Waals surface area contributed by atoms with Crippen molar-refractivity contribution in [1.82, 2.24) is 4.72 Å². The number of hydrogen-bond donors (Lipinski definition) is 3. The number of sulfonamides is 1. The van der Waals surface area contributed by atoms with E-state index in [0.717, 1.165) is 6.07 Å². The molecule has 0 heterocycles. The van der Waals surface area contributed by atoms with Crippen molar-refractivity contribution < 1.29 is 12.8 Å². The second-order valence-corrected chi connectivity index (χ2v) is 8.10. The third kappa shape index (κ3) is 6.22. The fourth-order valence-electron chi connectivity index (χ4n) is 1.56. The Hall–Kier alpha value is -1.47. The highest BCUT2D eigenvalue weighted by molar-refractivity contribution is 7.89. The number of benzene rings is 1. The monoisotopic (exact) mass is 315 g/mol. The molecular formula is C14H22FN3O2S. The first kappa shape index (κ1) is 17.6. The van der Waals surface area contributed by atoms with Crippen molar-refractivity contribution >= 4 is 15.9 Å². The Kier molecular flexibility index (Phi) is 5.47. The highest BCUT2D eigenvalue weighted by Crippen LogP contribution is 2.19. The van der Waals surface area contributed by atoms with Crippen molar-refractivity contribution in [1.29, 1.82) is 5.41 Å². The Balaban J connectivity index is 2.69. The van der Waals surface area contributed by atoms with Crippen LogP contribution in [0.5, 0.6) is 0 Å². The molecule has 7 heteroatoms. The molecule has 5 nitrogen and oxygen atoms in total. The molecule has 1 aromatic carbocycles. The maximum absolute atomic E-state index is 13.8. The first-order chi connectivity index (χ1) is 9.50. The number of halogens is 1. The quantitative estimate of drug-likeness (QED) is 0.553. The smallest absolute Gasteiger partial charge is 0.211 e. The van der Waals surface area contributed by atoms with E-state index in [2.05, 4.69) is 4.72 Å². The lowest BCUT2D eigenvalue weighted by atomic mass is 9.94. The summed E-state index contributed by atoms with van der Waals surface area (Å²) in [6.07, 6.45) is 0.522. The summed E-state index contributed by atoms with van der Waals surface area (Å²) in [5.74, 6) is -0.809. The van der Waals surface area contributed by atoms with Crippen LogP contribution in [-0.4, -0.2) is 20.0 Å². The van der Waals surface area contributed by atoms with Crippen LogP contribution in [0, 0.1) is 16.6 Å². The first-order valence-electron chi connectivity index (χ1n) is 6.60. The number of hydrogen-bond acceptors (Lipinski definition) is 3. The molecule has 21 heavy (non-hydrogen) atoms. The molecule has 0 bridgehead atoms. The van der Waals surface area contributed by atoms with Crippen molar-refractivity contribution in [3.05, 3.63) is 35.1 Å². The standard InChI is InChI=1S/C14H22FN3O2S/c1-14(2,3)6-7-21(19,20)18-9-11-5-4-10(13(16)17)8-12(11)15/h4-5,8,18H,6-7,9H2,1-3H3,(H3,16,17). The lowest BCUT2D eigenvalue weighted by Gasteiger charge is -2.18. The zero-order chi connectivity index (χ0) is 16.3. The summed E-state index contributed by atoms with van der Waals surface area (Å²) in [6.45, 7) is 5.77. The molecule has 118 valence electrons. The molecule has 0 unspecified atom stereocenters. The minimum Gasteiger partial charge on any atom is -0.384 e. The first-order valence-corrected chi connectivity index (χ1v) is 8.25. The molecule has 0 aromatic heterocycles. The third-order valence-corrected chi connectivity index (χ3v) is 4.29. The van der Waals surface area contributed by atoms with E-state index in [0.29, 0.717) is 6.42 Å². The molecular weight excluding hydrogens is 293 g/mol. The molecule has 0 atom stereocenters. The lowest BCUT2D eigenvalue weighted by molar-refractivity contribution is 0.396. The van der Waals surface area contributed by atoms with E-state index in [4.69, 9.17) is 11.1 Å².